The molecule has 0 amide bonds. The van der Waals surface area contributed by atoms with Gasteiger partial charge in [0.05, 0.1) is 11.5 Å². The zero-order chi connectivity index (χ0) is 12.7. The summed E-state index contributed by atoms with van der Waals surface area (Å²) in [5.74, 6) is 1.24. The molecule has 17 heavy (non-hydrogen) atoms. The van der Waals surface area contributed by atoms with Crippen molar-refractivity contribution in [1.82, 2.24) is 0 Å². The Bertz CT molecular complexity index is 443. The molecule has 0 aliphatic heterocycles. The SMILES string of the molecule is CSCCCOc1cccc([N+](=O)[O-])c1C#N. The fourth-order valence-electron chi connectivity index (χ4n) is 1.29. The Morgan fingerprint density at radius 1 is 1.59 bits per heavy atom. The van der Waals surface area contributed by atoms with Crippen molar-refractivity contribution < 1.29 is 9.66 Å². The monoisotopic (exact) mass is 252 g/mol. The standard InChI is InChI=1S/C11H12N2O3S/c1-17-7-3-6-16-11-5-2-4-10(13(14)15)9(11)8-12/h2,4-5H,3,6-7H2,1H3. The van der Waals surface area contributed by atoms with Gasteiger partial charge >= 0.3 is 0 Å². The van der Waals surface area contributed by atoms with Crippen molar-refractivity contribution in [2.24, 2.45) is 0 Å². The van der Waals surface area contributed by atoms with Gasteiger partial charge in [0.2, 0.25) is 0 Å². The lowest BCUT2D eigenvalue weighted by Gasteiger charge is -2.07. The first-order valence-corrected chi connectivity index (χ1v) is 6.39. The molecule has 0 heterocycles. The number of nitro benzene ring substituents is 1. The highest BCUT2D eigenvalue weighted by atomic mass is 32.2. The normalized spacial score (nSPS) is 9.65. The van der Waals surface area contributed by atoms with Gasteiger partial charge in [-0.25, -0.2) is 0 Å². The third-order valence-corrected chi connectivity index (χ3v) is 2.76. The molecule has 0 aliphatic carbocycles. The molecule has 0 unspecified atom stereocenters. The fraction of sp³-hybridized carbons (Fsp3) is 0.364. The lowest BCUT2D eigenvalue weighted by molar-refractivity contribution is -0.385. The molecule has 0 saturated heterocycles. The second-order valence-electron chi connectivity index (χ2n) is 3.21. The van der Waals surface area contributed by atoms with Crippen LogP contribution < -0.4 is 4.74 Å². The molecule has 0 radical (unpaired) electrons. The zero-order valence-corrected chi connectivity index (χ0v) is 10.2. The van der Waals surface area contributed by atoms with Crippen LogP contribution >= 0.6 is 11.8 Å². The molecule has 1 aromatic rings. The average Bonchev–Trinajstić information content (AvgIpc) is 2.34. The molecule has 0 atom stereocenters. The number of benzene rings is 1. The summed E-state index contributed by atoms with van der Waals surface area (Å²) >= 11 is 1.70. The predicted molar refractivity (Wildman–Crippen MR) is 66.3 cm³/mol. The molecule has 5 nitrogen and oxygen atoms in total. The number of hydrogen-bond donors (Lipinski definition) is 0. The Balaban J connectivity index is 2.82. The predicted octanol–water partition coefficient (Wildman–Crippen LogP) is 2.60. The molecule has 0 fully saturated rings. The largest absolute Gasteiger partial charge is 0.492 e. The molecular weight excluding hydrogens is 240 g/mol. The summed E-state index contributed by atoms with van der Waals surface area (Å²) < 4.78 is 5.38. The van der Waals surface area contributed by atoms with E-state index in [0.29, 0.717) is 6.61 Å². The molecule has 0 aromatic heterocycles. The number of thioether (sulfide) groups is 1. The molecular formula is C11H12N2O3S. The van der Waals surface area contributed by atoms with E-state index in [0.717, 1.165) is 12.2 Å². The Morgan fingerprint density at radius 2 is 2.35 bits per heavy atom. The van der Waals surface area contributed by atoms with E-state index in [1.807, 2.05) is 12.3 Å². The van der Waals surface area contributed by atoms with Crippen molar-refractivity contribution in [3.8, 4) is 11.8 Å². The number of nitrogens with zero attached hydrogens (tertiary/aromatic N) is 2. The molecule has 0 N–H and O–H groups in total. The number of nitriles is 1. The first-order chi connectivity index (χ1) is 8.20. The number of hydrogen-bond acceptors (Lipinski definition) is 5. The van der Waals surface area contributed by atoms with Crippen LogP contribution in [0.2, 0.25) is 0 Å². The number of nitro groups is 1. The highest BCUT2D eigenvalue weighted by Gasteiger charge is 2.17. The lowest BCUT2D eigenvalue weighted by Crippen LogP contribution is -2.02. The summed E-state index contributed by atoms with van der Waals surface area (Å²) in [6.07, 6.45) is 2.84. The second-order valence-corrected chi connectivity index (χ2v) is 4.20. The highest BCUT2D eigenvalue weighted by molar-refractivity contribution is 7.98. The van der Waals surface area contributed by atoms with Crippen LogP contribution in [0.25, 0.3) is 0 Å². The Labute approximate surface area is 104 Å². The number of rotatable bonds is 6. The van der Waals surface area contributed by atoms with Crippen molar-refractivity contribution >= 4 is 17.4 Å². The fourth-order valence-corrected chi connectivity index (χ4v) is 1.70. The van der Waals surface area contributed by atoms with E-state index in [2.05, 4.69) is 0 Å². The minimum absolute atomic E-state index is 0.0124. The van der Waals surface area contributed by atoms with Gasteiger partial charge in [-0.1, -0.05) is 6.07 Å². The van der Waals surface area contributed by atoms with Crippen LogP contribution in [0.4, 0.5) is 5.69 Å². The van der Waals surface area contributed by atoms with E-state index in [9.17, 15) is 10.1 Å². The van der Waals surface area contributed by atoms with E-state index in [1.165, 1.54) is 12.1 Å². The summed E-state index contributed by atoms with van der Waals surface area (Å²) in [6, 6.07) is 6.20. The molecule has 0 bridgehead atoms. The molecule has 1 rings (SSSR count). The van der Waals surface area contributed by atoms with Crippen LogP contribution in [0.5, 0.6) is 5.75 Å². The summed E-state index contributed by atoms with van der Waals surface area (Å²) in [4.78, 5) is 10.1. The topological polar surface area (TPSA) is 76.2 Å². The smallest absolute Gasteiger partial charge is 0.290 e. The summed E-state index contributed by atoms with van der Waals surface area (Å²) in [5, 5.41) is 19.6. The van der Waals surface area contributed by atoms with Gasteiger partial charge in [0.1, 0.15) is 11.8 Å². The molecule has 1 aromatic carbocycles. The van der Waals surface area contributed by atoms with Crippen LogP contribution in [0.15, 0.2) is 18.2 Å². The lowest BCUT2D eigenvalue weighted by atomic mass is 10.2. The van der Waals surface area contributed by atoms with Crippen LogP contribution in [0.3, 0.4) is 0 Å². The Hall–Kier alpha value is -1.74. The van der Waals surface area contributed by atoms with Crippen molar-refractivity contribution in [1.29, 1.82) is 5.26 Å². The van der Waals surface area contributed by atoms with Gasteiger partial charge < -0.3 is 4.74 Å². The maximum Gasteiger partial charge on any atom is 0.290 e. The van der Waals surface area contributed by atoms with E-state index in [1.54, 1.807) is 17.8 Å². The van der Waals surface area contributed by atoms with Gasteiger partial charge in [0, 0.05) is 6.07 Å². The van der Waals surface area contributed by atoms with E-state index in [4.69, 9.17) is 10.00 Å². The third kappa shape index (κ3) is 3.64. The van der Waals surface area contributed by atoms with Gasteiger partial charge in [-0.05, 0) is 24.5 Å². The quantitative estimate of drug-likeness (QED) is 0.442. The van der Waals surface area contributed by atoms with Crippen molar-refractivity contribution in [3.05, 3.63) is 33.9 Å². The van der Waals surface area contributed by atoms with E-state index >= 15 is 0 Å². The average molecular weight is 252 g/mol. The van der Waals surface area contributed by atoms with Gasteiger partial charge in [-0.2, -0.15) is 17.0 Å². The van der Waals surface area contributed by atoms with Gasteiger partial charge in [0.25, 0.3) is 5.69 Å². The maximum atomic E-state index is 10.7. The minimum Gasteiger partial charge on any atom is -0.492 e. The third-order valence-electron chi connectivity index (χ3n) is 2.06. The van der Waals surface area contributed by atoms with E-state index < -0.39 is 4.92 Å². The minimum atomic E-state index is -0.576. The van der Waals surface area contributed by atoms with Crippen LogP contribution in [0.1, 0.15) is 12.0 Å². The van der Waals surface area contributed by atoms with Crippen LogP contribution in [-0.4, -0.2) is 23.5 Å². The first-order valence-electron chi connectivity index (χ1n) is 5.00. The first kappa shape index (κ1) is 13.3. The van der Waals surface area contributed by atoms with Crippen molar-refractivity contribution in [2.45, 2.75) is 6.42 Å². The zero-order valence-electron chi connectivity index (χ0n) is 9.38. The Morgan fingerprint density at radius 3 is 2.94 bits per heavy atom. The van der Waals surface area contributed by atoms with Crippen molar-refractivity contribution in [3.63, 3.8) is 0 Å². The molecule has 0 spiro atoms. The van der Waals surface area contributed by atoms with Crippen molar-refractivity contribution in [2.75, 3.05) is 18.6 Å². The highest BCUT2D eigenvalue weighted by Crippen LogP contribution is 2.27. The molecule has 0 saturated carbocycles. The van der Waals surface area contributed by atoms with Gasteiger partial charge in [-0.3, -0.25) is 10.1 Å². The summed E-state index contributed by atoms with van der Waals surface area (Å²) in [6.45, 7) is 0.455. The van der Waals surface area contributed by atoms with Crippen LogP contribution in [-0.2, 0) is 0 Å². The van der Waals surface area contributed by atoms with Gasteiger partial charge in [-0.15, -0.1) is 0 Å². The maximum absolute atomic E-state index is 10.7. The molecule has 0 aliphatic rings. The van der Waals surface area contributed by atoms with Gasteiger partial charge in [0.15, 0.2) is 5.56 Å². The Kier molecular flexibility index (Phi) is 5.30. The summed E-state index contributed by atoms with van der Waals surface area (Å²) in [5.41, 5.74) is -0.225. The van der Waals surface area contributed by atoms with Crippen LogP contribution in [0, 0.1) is 21.4 Å². The van der Waals surface area contributed by atoms with E-state index in [-0.39, 0.29) is 17.0 Å². The second kappa shape index (κ2) is 6.76. The number of ether oxygens (including phenoxy) is 1. The molecule has 6 heteroatoms. The summed E-state index contributed by atoms with van der Waals surface area (Å²) in [7, 11) is 0. The molecule has 90 valence electrons.